The first-order valence-electron chi connectivity index (χ1n) is 9.85. The second-order valence-electron chi connectivity index (χ2n) is 8.51. The summed E-state index contributed by atoms with van der Waals surface area (Å²) in [5.41, 5.74) is 5.88. The number of aryl methyl sites for hydroxylation is 1. The maximum absolute atomic E-state index is 13.1. The predicted molar refractivity (Wildman–Crippen MR) is 113 cm³/mol. The fourth-order valence-corrected chi connectivity index (χ4v) is 3.43. The van der Waals surface area contributed by atoms with Crippen LogP contribution < -0.4 is 5.32 Å². The molecule has 29 heavy (non-hydrogen) atoms. The summed E-state index contributed by atoms with van der Waals surface area (Å²) in [4.78, 5) is 17.6. The van der Waals surface area contributed by atoms with Crippen LogP contribution in [-0.2, 0) is 23.2 Å². The normalized spacial score (nSPS) is 13.8. The molecule has 1 aliphatic rings. The molecule has 0 radical (unpaired) electrons. The van der Waals surface area contributed by atoms with Crippen LogP contribution in [0.1, 0.15) is 53.6 Å². The average Bonchev–Trinajstić information content (AvgIpc) is 3.15. The van der Waals surface area contributed by atoms with E-state index in [9.17, 15) is 4.79 Å². The van der Waals surface area contributed by atoms with Crippen LogP contribution in [0.3, 0.4) is 0 Å². The van der Waals surface area contributed by atoms with Gasteiger partial charge in [-0.15, -0.1) is 0 Å². The second-order valence-corrected chi connectivity index (χ2v) is 8.51. The molecule has 0 saturated carbocycles. The standard InChI is InChI=1S/C23H26N4O2/c1-15-5-7-18(8-6-15)27-13-19(21(26-27)23(2,3)4)22(28)25-17-11-16-14-29-10-9-20(16)24-12-17/h5-8,11-13H,9-10,14H2,1-4H3,(H,25,28). The van der Waals surface area contributed by atoms with Gasteiger partial charge in [-0.3, -0.25) is 9.78 Å². The first-order valence-corrected chi connectivity index (χ1v) is 9.85. The molecule has 6 nitrogen and oxygen atoms in total. The van der Waals surface area contributed by atoms with Gasteiger partial charge in [0.1, 0.15) is 0 Å². The number of nitrogens with one attached hydrogen (secondary N) is 1. The Balaban J connectivity index is 1.66. The summed E-state index contributed by atoms with van der Waals surface area (Å²) in [5.74, 6) is -0.188. The maximum Gasteiger partial charge on any atom is 0.259 e. The van der Waals surface area contributed by atoms with Crippen LogP contribution in [0.5, 0.6) is 0 Å². The van der Waals surface area contributed by atoms with Gasteiger partial charge in [-0.25, -0.2) is 4.68 Å². The molecule has 0 atom stereocenters. The number of hydrogen-bond acceptors (Lipinski definition) is 4. The van der Waals surface area contributed by atoms with Crippen LogP contribution in [0.15, 0.2) is 42.7 Å². The highest BCUT2D eigenvalue weighted by Gasteiger charge is 2.27. The third kappa shape index (κ3) is 4.07. The number of pyridine rings is 1. The van der Waals surface area contributed by atoms with E-state index < -0.39 is 0 Å². The van der Waals surface area contributed by atoms with E-state index >= 15 is 0 Å². The van der Waals surface area contributed by atoms with Gasteiger partial charge in [0.05, 0.1) is 42.0 Å². The van der Waals surface area contributed by atoms with Gasteiger partial charge in [-0.05, 0) is 25.1 Å². The van der Waals surface area contributed by atoms with Gasteiger partial charge in [-0.2, -0.15) is 5.10 Å². The molecule has 0 saturated heterocycles. The Morgan fingerprint density at radius 1 is 1.21 bits per heavy atom. The van der Waals surface area contributed by atoms with Gasteiger partial charge in [0.2, 0.25) is 0 Å². The summed E-state index contributed by atoms with van der Waals surface area (Å²) in [5, 5.41) is 7.72. The zero-order valence-electron chi connectivity index (χ0n) is 17.3. The Labute approximate surface area is 170 Å². The molecule has 150 valence electrons. The average molecular weight is 390 g/mol. The number of benzene rings is 1. The van der Waals surface area contributed by atoms with Crippen molar-refractivity contribution in [3.05, 3.63) is 70.8 Å². The van der Waals surface area contributed by atoms with Crippen molar-refractivity contribution in [3.63, 3.8) is 0 Å². The van der Waals surface area contributed by atoms with Crippen molar-refractivity contribution < 1.29 is 9.53 Å². The molecule has 1 aliphatic heterocycles. The lowest BCUT2D eigenvalue weighted by atomic mass is 9.89. The highest BCUT2D eigenvalue weighted by Crippen LogP contribution is 2.27. The molecule has 0 fully saturated rings. The van der Waals surface area contributed by atoms with Crippen LogP contribution in [-0.4, -0.2) is 27.3 Å². The summed E-state index contributed by atoms with van der Waals surface area (Å²) in [6.45, 7) is 9.45. The first kappa shape index (κ1) is 19.3. The largest absolute Gasteiger partial charge is 0.376 e. The number of ether oxygens (including phenoxy) is 1. The molecule has 3 heterocycles. The number of hydrogen-bond donors (Lipinski definition) is 1. The number of nitrogens with zero attached hydrogens (tertiary/aromatic N) is 3. The van der Waals surface area contributed by atoms with Crippen molar-refractivity contribution in [3.8, 4) is 5.69 Å². The number of anilines is 1. The lowest BCUT2D eigenvalue weighted by Gasteiger charge is -2.18. The molecule has 1 amide bonds. The van der Waals surface area contributed by atoms with E-state index in [4.69, 9.17) is 9.84 Å². The fourth-order valence-electron chi connectivity index (χ4n) is 3.43. The highest BCUT2D eigenvalue weighted by atomic mass is 16.5. The molecule has 1 aromatic carbocycles. The molecule has 0 spiro atoms. The third-order valence-corrected chi connectivity index (χ3v) is 5.03. The molecule has 0 unspecified atom stereocenters. The highest BCUT2D eigenvalue weighted by molar-refractivity contribution is 6.05. The monoisotopic (exact) mass is 390 g/mol. The van der Waals surface area contributed by atoms with E-state index in [1.807, 2.05) is 37.3 Å². The molecule has 0 bridgehead atoms. The minimum absolute atomic E-state index is 0.188. The maximum atomic E-state index is 13.1. The van der Waals surface area contributed by atoms with E-state index in [-0.39, 0.29) is 11.3 Å². The van der Waals surface area contributed by atoms with Crippen LogP contribution in [0, 0.1) is 6.92 Å². The van der Waals surface area contributed by atoms with Gasteiger partial charge in [-0.1, -0.05) is 38.5 Å². The zero-order valence-corrected chi connectivity index (χ0v) is 17.3. The lowest BCUT2D eigenvalue weighted by molar-refractivity contribution is 0.102. The Bertz CT molecular complexity index is 1050. The first-order chi connectivity index (χ1) is 13.8. The van der Waals surface area contributed by atoms with Gasteiger partial charge in [0.25, 0.3) is 5.91 Å². The van der Waals surface area contributed by atoms with Crippen molar-refractivity contribution in [1.82, 2.24) is 14.8 Å². The Hall–Kier alpha value is -2.99. The minimum Gasteiger partial charge on any atom is -0.376 e. The molecule has 3 aromatic rings. The SMILES string of the molecule is Cc1ccc(-n2cc(C(=O)Nc3cnc4c(c3)COCC4)c(C(C)(C)C)n2)cc1. The fraction of sp³-hybridized carbons (Fsp3) is 0.348. The van der Waals surface area contributed by atoms with Gasteiger partial charge >= 0.3 is 0 Å². The zero-order chi connectivity index (χ0) is 20.6. The summed E-state index contributed by atoms with van der Waals surface area (Å²) in [6, 6.07) is 10.0. The van der Waals surface area contributed by atoms with Crippen molar-refractivity contribution in [2.45, 2.75) is 46.1 Å². The topological polar surface area (TPSA) is 69.0 Å². The number of rotatable bonds is 3. The summed E-state index contributed by atoms with van der Waals surface area (Å²) < 4.78 is 7.27. The van der Waals surface area contributed by atoms with E-state index in [2.05, 4.69) is 31.1 Å². The van der Waals surface area contributed by atoms with Crippen molar-refractivity contribution in [1.29, 1.82) is 0 Å². The van der Waals surface area contributed by atoms with E-state index in [0.717, 1.165) is 29.1 Å². The van der Waals surface area contributed by atoms with Gasteiger partial charge in [0, 0.05) is 29.3 Å². The molecular formula is C23H26N4O2. The van der Waals surface area contributed by atoms with Crippen LogP contribution in [0.25, 0.3) is 5.69 Å². The number of carbonyl (C=O) groups excluding carboxylic acids is 1. The third-order valence-electron chi connectivity index (χ3n) is 5.03. The quantitative estimate of drug-likeness (QED) is 0.728. The van der Waals surface area contributed by atoms with Gasteiger partial charge < -0.3 is 10.1 Å². The second kappa shape index (κ2) is 7.44. The van der Waals surface area contributed by atoms with E-state index in [1.54, 1.807) is 17.1 Å². The van der Waals surface area contributed by atoms with Gasteiger partial charge in [0.15, 0.2) is 0 Å². The Morgan fingerprint density at radius 3 is 2.69 bits per heavy atom. The number of aromatic nitrogens is 3. The molecule has 2 aromatic heterocycles. The summed E-state index contributed by atoms with van der Waals surface area (Å²) in [6.07, 6.45) is 4.32. The molecule has 1 N–H and O–H groups in total. The van der Waals surface area contributed by atoms with Crippen molar-refractivity contribution in [2.24, 2.45) is 0 Å². The van der Waals surface area contributed by atoms with E-state index in [1.165, 1.54) is 5.56 Å². The van der Waals surface area contributed by atoms with Crippen molar-refractivity contribution in [2.75, 3.05) is 11.9 Å². The number of amides is 1. The van der Waals surface area contributed by atoms with E-state index in [0.29, 0.717) is 24.5 Å². The predicted octanol–water partition coefficient (Wildman–Crippen LogP) is 4.20. The van der Waals surface area contributed by atoms with Crippen molar-refractivity contribution >= 4 is 11.6 Å². The Kier molecular flexibility index (Phi) is 4.96. The summed E-state index contributed by atoms with van der Waals surface area (Å²) in [7, 11) is 0. The van der Waals surface area contributed by atoms with Crippen LogP contribution in [0.4, 0.5) is 5.69 Å². The molecular weight excluding hydrogens is 364 g/mol. The van der Waals surface area contributed by atoms with Crippen LogP contribution >= 0.6 is 0 Å². The smallest absolute Gasteiger partial charge is 0.259 e. The number of carbonyl (C=O) groups is 1. The summed E-state index contributed by atoms with van der Waals surface area (Å²) >= 11 is 0. The van der Waals surface area contributed by atoms with Crippen LogP contribution in [0.2, 0.25) is 0 Å². The Morgan fingerprint density at radius 2 is 1.97 bits per heavy atom. The lowest BCUT2D eigenvalue weighted by Crippen LogP contribution is -2.21. The minimum atomic E-state index is -0.273. The molecule has 0 aliphatic carbocycles. The number of fused-ring (bicyclic) bond motifs is 1. The molecule has 6 heteroatoms. The molecule has 4 rings (SSSR count).